The normalized spacial score (nSPS) is 27.3. The van der Waals surface area contributed by atoms with E-state index in [0.717, 1.165) is 84.7 Å². The SMILES string of the molecule is CCCCCCCCCSSCCCNC1(C)CC(OC2C(Oc3c4cc5cc3Oc3ccc(cc3Cl)C(O)C3NC(=O)C(NC(=O)C5NC(=O)C(CC(N)=O)NC(=O)C(NC(=O)C(CC(C)C)NC)C(O)c5ccc(c(Cl)c5)O4)c4ccc(O)c(c4)-c4c(O)cc(O)cc4C(C(=O)O)NC3=O)OC(CO)C(O)C2O)OC(C)C1O. The molecule has 7 aliphatic rings. The highest BCUT2D eigenvalue weighted by Crippen LogP contribution is 2.50. The van der Waals surface area contributed by atoms with Gasteiger partial charge in [0.05, 0.1) is 41.3 Å². The van der Waals surface area contributed by atoms with Crippen molar-refractivity contribution in [3.05, 3.63) is 117 Å². The number of carboxylic acids is 1. The summed E-state index contributed by atoms with van der Waals surface area (Å²) in [6, 6.07) is -0.419. The van der Waals surface area contributed by atoms with Crippen molar-refractivity contribution in [1.29, 1.82) is 0 Å². The van der Waals surface area contributed by atoms with Gasteiger partial charge in [-0.25, -0.2) is 4.79 Å². The molecule has 115 heavy (non-hydrogen) atoms. The number of fused-ring (bicyclic) bond motifs is 15. The number of nitrogens with one attached hydrogen (secondary N) is 8. The second kappa shape index (κ2) is 39.6. The minimum atomic E-state index is -2.35. The molecule has 12 rings (SSSR count). The van der Waals surface area contributed by atoms with Crippen LogP contribution in [0.3, 0.4) is 0 Å². The summed E-state index contributed by atoms with van der Waals surface area (Å²) >= 11 is 14.3. The van der Waals surface area contributed by atoms with E-state index in [-0.39, 0.29) is 52.0 Å². The maximum absolute atomic E-state index is 16.2. The van der Waals surface area contributed by atoms with E-state index in [2.05, 4.69) is 49.5 Å². The van der Waals surface area contributed by atoms with Gasteiger partial charge in [0.2, 0.25) is 53.4 Å². The lowest BCUT2D eigenvalue weighted by Gasteiger charge is -2.48. The van der Waals surface area contributed by atoms with Crippen molar-refractivity contribution >= 4 is 92.1 Å². The third-order valence-electron chi connectivity index (χ3n) is 20.6. The molecule has 18 atom stereocenters. The molecule has 5 aromatic rings. The number of rotatable bonds is 27. The summed E-state index contributed by atoms with van der Waals surface area (Å²) in [4.78, 5) is 118. The average molecular weight is 1680 g/mol. The molecule has 7 amide bonds. The van der Waals surface area contributed by atoms with E-state index >= 15 is 14.4 Å². The molecule has 33 nitrogen and oxygen atoms in total. The van der Waals surface area contributed by atoms with Crippen molar-refractivity contribution in [2.24, 2.45) is 11.7 Å². The van der Waals surface area contributed by atoms with Crippen LogP contribution in [0.1, 0.15) is 163 Å². The van der Waals surface area contributed by atoms with Gasteiger partial charge in [0.25, 0.3) is 0 Å². The fraction of sp³-hybridized carbons (Fsp3) is 0.513. The first-order valence-electron chi connectivity index (χ1n) is 37.9. The minimum Gasteiger partial charge on any atom is -0.508 e. The topological polar surface area (TPSA) is 517 Å². The molecule has 0 spiro atoms. The zero-order chi connectivity index (χ0) is 83.4. The second-order valence-corrected chi connectivity index (χ2v) is 33.2. The number of hydrogen-bond acceptors (Lipinski definition) is 27. The Morgan fingerprint density at radius 1 is 0.687 bits per heavy atom. The predicted octanol–water partition coefficient (Wildman–Crippen LogP) is 5.26. The highest BCUT2D eigenvalue weighted by molar-refractivity contribution is 8.76. The lowest BCUT2D eigenvalue weighted by atomic mass is 9.85. The summed E-state index contributed by atoms with van der Waals surface area (Å²) in [5.74, 6) is -14.0. The number of nitrogens with two attached hydrogens (primary N) is 1. The number of primary amides is 1. The number of phenols is 3. The average Bonchev–Trinajstić information content (AvgIpc) is 0.762. The van der Waals surface area contributed by atoms with Gasteiger partial charge in [-0.05, 0) is 129 Å². The van der Waals surface area contributed by atoms with Crippen molar-refractivity contribution in [3.8, 4) is 57.1 Å². The Morgan fingerprint density at radius 3 is 1.91 bits per heavy atom. The van der Waals surface area contributed by atoms with Crippen LogP contribution in [0.25, 0.3) is 11.1 Å². The van der Waals surface area contributed by atoms with Crippen molar-refractivity contribution in [2.75, 3.05) is 31.7 Å². The van der Waals surface area contributed by atoms with E-state index in [4.69, 9.17) is 57.4 Å². The number of carbonyl (C=O) groups excluding carboxylic acids is 7. The number of carboxylic acid groups (broad SMARTS) is 1. The molecular weight excluding hydrogens is 1580 g/mol. The molecule has 11 bridgehead atoms. The van der Waals surface area contributed by atoms with Crippen LogP contribution in [0.15, 0.2) is 78.9 Å². The maximum Gasteiger partial charge on any atom is 0.330 e. The summed E-state index contributed by atoms with van der Waals surface area (Å²) in [6.07, 6.45) is -8.97. The van der Waals surface area contributed by atoms with E-state index in [1.807, 2.05) is 24.6 Å². The first-order chi connectivity index (χ1) is 54.7. The smallest absolute Gasteiger partial charge is 0.330 e. The maximum atomic E-state index is 16.2. The molecule has 0 saturated carbocycles. The summed E-state index contributed by atoms with van der Waals surface area (Å²) in [7, 11) is 5.05. The number of aliphatic hydroxyl groups is 6. The molecule has 20 N–H and O–H groups in total. The number of hydrogen-bond donors (Lipinski definition) is 19. The van der Waals surface area contributed by atoms with Gasteiger partial charge in [-0.2, -0.15) is 0 Å². The van der Waals surface area contributed by atoms with Crippen molar-refractivity contribution in [1.82, 2.24) is 42.5 Å². The lowest BCUT2D eigenvalue weighted by molar-refractivity contribution is -0.334. The predicted molar refractivity (Wildman–Crippen MR) is 421 cm³/mol. The Labute approximate surface area is 680 Å². The summed E-state index contributed by atoms with van der Waals surface area (Å²) < 4.78 is 39.5. The van der Waals surface area contributed by atoms with Gasteiger partial charge in [0, 0.05) is 46.2 Å². The first kappa shape index (κ1) is 88.9. The van der Waals surface area contributed by atoms with E-state index < -0.39 is 231 Å². The third-order valence-corrected chi connectivity index (χ3v) is 23.7. The summed E-state index contributed by atoms with van der Waals surface area (Å²) in [6.45, 7) is 8.72. The number of unbranched alkanes of at least 4 members (excludes halogenated alkanes) is 6. The number of likely N-dealkylation sites (N-methyl/N-ethyl adjacent to an activating group) is 1. The molecule has 0 aromatic heterocycles. The molecule has 37 heteroatoms. The van der Waals surface area contributed by atoms with Crippen LogP contribution >= 0.6 is 44.8 Å². The molecule has 0 radical (unpaired) electrons. The van der Waals surface area contributed by atoms with Crippen LogP contribution in [0, 0.1) is 5.92 Å². The number of benzene rings is 5. The number of aliphatic carboxylic acids is 1. The van der Waals surface area contributed by atoms with E-state index in [0.29, 0.717) is 13.0 Å². The molecule has 0 aliphatic carbocycles. The number of carbonyl (C=O) groups is 8. The molecule has 626 valence electrons. The molecule has 18 unspecified atom stereocenters. The van der Waals surface area contributed by atoms with Crippen LogP contribution in [0.4, 0.5) is 0 Å². The number of aromatic hydroxyl groups is 3. The quantitative estimate of drug-likeness (QED) is 0.0235. The van der Waals surface area contributed by atoms with E-state index in [9.17, 15) is 75.0 Å². The Hall–Kier alpha value is -8.50. The Balaban J connectivity index is 1.14. The van der Waals surface area contributed by atoms with Gasteiger partial charge in [0.1, 0.15) is 89.5 Å². The highest BCUT2D eigenvalue weighted by Gasteiger charge is 2.52. The van der Waals surface area contributed by atoms with Gasteiger partial charge >= 0.3 is 5.97 Å². The van der Waals surface area contributed by atoms with Gasteiger partial charge in [0.15, 0.2) is 29.9 Å². The number of amides is 7. The van der Waals surface area contributed by atoms with Crippen LogP contribution in [-0.2, 0) is 52.6 Å². The van der Waals surface area contributed by atoms with Crippen molar-refractivity contribution in [3.63, 3.8) is 0 Å². The fourth-order valence-corrected chi connectivity index (χ4v) is 17.1. The second-order valence-electron chi connectivity index (χ2n) is 29.7. The number of aliphatic hydroxyl groups excluding tert-OH is 6. The van der Waals surface area contributed by atoms with E-state index in [1.54, 1.807) is 24.6 Å². The van der Waals surface area contributed by atoms with Crippen LogP contribution in [0.5, 0.6) is 46.0 Å². The molecule has 2 saturated heterocycles. The standard InChI is InChI=1S/C78H99Cl2N9O24S2/c1-7-8-9-10-11-12-13-22-114-115-23-14-21-83-78(5)33-56(108-36(4)69(78)99)112-68-66(98)65(97)54(34-90)111-77(68)113-67-52-28-40-29-53(67)110-51-20-17-39(27-45(51)80)64(96)62-75(105)87-60(76(106)107)43-30-41(91)31-49(93)57(43)42-25-37(15-18-48(42)92)58(72(102)89-62)86-73(103)59(40)85-71(101)47(32-55(81)94)84-74(104)61(88-70(100)46(82-6)24-35(2)3)63(95)38-16-19-50(109-52)44(79)26-38/h15-20,25-31,35-36,46-47,54,56,58-66,68-69,77,82-83,90-93,95-99H,7-14,21-24,32-34H2,1-6H3,(H2,81,94)(H,84,104)(H,85,101)(H,86,103)(H,87,105)(H,88,100)(H,89,102)(H,106,107). The molecular formula is C78H99Cl2N9O24S2. The van der Waals surface area contributed by atoms with Crippen molar-refractivity contribution in [2.45, 2.75) is 214 Å². The molecule has 2 fully saturated rings. The Bertz CT molecular complexity index is 4370. The molecule has 5 aromatic carbocycles. The van der Waals surface area contributed by atoms with Crippen LogP contribution in [0.2, 0.25) is 10.0 Å². The first-order valence-corrected chi connectivity index (χ1v) is 41.1. The highest BCUT2D eigenvalue weighted by atomic mass is 35.5. The van der Waals surface area contributed by atoms with Gasteiger partial charge in [-0.3, -0.25) is 33.6 Å². The summed E-state index contributed by atoms with van der Waals surface area (Å²) in [5.41, 5.74) is 1.89. The lowest BCUT2D eigenvalue weighted by Crippen LogP contribution is -2.65. The van der Waals surface area contributed by atoms with Crippen LogP contribution < -0.4 is 62.5 Å². The fourth-order valence-electron chi connectivity index (χ4n) is 14.4. The summed E-state index contributed by atoms with van der Waals surface area (Å²) in [5, 5.41) is 136. The van der Waals surface area contributed by atoms with Crippen molar-refractivity contribution < 1.29 is 118 Å². The number of ether oxygens (including phenoxy) is 6. The molecule has 7 heterocycles. The third kappa shape index (κ3) is 21.5. The Morgan fingerprint density at radius 2 is 1.30 bits per heavy atom. The Kier molecular flexibility index (Phi) is 30.6. The largest absolute Gasteiger partial charge is 0.508 e. The van der Waals surface area contributed by atoms with E-state index in [1.165, 1.54) is 57.7 Å². The number of phenolic OH excluding ortho intramolecular Hbond substituents is 3. The zero-order valence-corrected chi connectivity index (χ0v) is 67.0. The number of halogens is 2. The van der Waals surface area contributed by atoms with Gasteiger partial charge in [-0.1, -0.05) is 122 Å². The monoisotopic (exact) mass is 1680 g/mol. The zero-order valence-electron chi connectivity index (χ0n) is 63.8. The van der Waals surface area contributed by atoms with Gasteiger partial charge < -0.3 is 128 Å². The van der Waals surface area contributed by atoms with Crippen LogP contribution in [-0.4, -0.2) is 209 Å². The molecule has 7 aliphatic heterocycles. The minimum absolute atomic E-state index is 0.0908. The van der Waals surface area contributed by atoms with Gasteiger partial charge in [-0.15, -0.1) is 0 Å².